The zero-order valence-corrected chi connectivity index (χ0v) is 12.7. The molecule has 0 saturated carbocycles. The summed E-state index contributed by atoms with van der Waals surface area (Å²) in [5.41, 5.74) is 0.335. The second kappa shape index (κ2) is 6.59. The predicted molar refractivity (Wildman–Crippen MR) is 82.4 cm³/mol. The molecule has 20 heavy (non-hydrogen) atoms. The fourth-order valence-corrected chi connectivity index (χ4v) is 2.75. The van der Waals surface area contributed by atoms with E-state index in [2.05, 4.69) is 0 Å². The molecular weight excluding hydrogens is 295 g/mol. The molecule has 2 aromatic rings. The number of hydrogen-bond acceptors (Lipinski definition) is 2. The van der Waals surface area contributed by atoms with Crippen LogP contribution < -0.4 is 0 Å². The third kappa shape index (κ3) is 3.33. The first-order valence-corrected chi connectivity index (χ1v) is 7.02. The highest BCUT2D eigenvalue weighted by molar-refractivity contribution is 6.36. The first-order valence-electron chi connectivity index (χ1n) is 6.26. The largest absolute Gasteiger partial charge is 0.382 e. The van der Waals surface area contributed by atoms with E-state index in [1.807, 2.05) is 30.3 Å². The van der Waals surface area contributed by atoms with Crippen molar-refractivity contribution < 1.29 is 9.84 Å². The molecule has 2 nitrogen and oxygen atoms in total. The van der Waals surface area contributed by atoms with Crippen LogP contribution in [-0.2, 0) is 16.8 Å². The van der Waals surface area contributed by atoms with Gasteiger partial charge in [-0.3, -0.25) is 0 Å². The topological polar surface area (TPSA) is 29.5 Å². The van der Waals surface area contributed by atoms with Crippen LogP contribution >= 0.6 is 23.2 Å². The molecule has 0 aliphatic carbocycles. The summed E-state index contributed by atoms with van der Waals surface area (Å²) in [7, 11) is 1.56. The quantitative estimate of drug-likeness (QED) is 0.902. The number of aliphatic hydroxyl groups is 1. The van der Waals surface area contributed by atoms with Crippen molar-refractivity contribution in [2.45, 2.75) is 12.0 Å². The summed E-state index contributed by atoms with van der Waals surface area (Å²) in [6.45, 7) is 0.165. The Kier molecular flexibility index (Phi) is 5.06. The van der Waals surface area contributed by atoms with Crippen molar-refractivity contribution in [1.29, 1.82) is 0 Å². The summed E-state index contributed by atoms with van der Waals surface area (Å²) in [5, 5.41) is 12.0. The lowest BCUT2D eigenvalue weighted by Crippen LogP contribution is -2.34. The van der Waals surface area contributed by atoms with Crippen LogP contribution in [0.15, 0.2) is 48.5 Å². The van der Waals surface area contributed by atoms with E-state index >= 15 is 0 Å². The first kappa shape index (κ1) is 15.3. The highest BCUT2D eigenvalue weighted by Crippen LogP contribution is 2.33. The molecule has 2 aromatic carbocycles. The molecule has 0 radical (unpaired) electrons. The van der Waals surface area contributed by atoms with E-state index in [4.69, 9.17) is 27.9 Å². The van der Waals surface area contributed by atoms with E-state index < -0.39 is 5.60 Å². The molecule has 0 spiro atoms. The van der Waals surface area contributed by atoms with Crippen LogP contribution in [0.25, 0.3) is 0 Å². The van der Waals surface area contributed by atoms with Gasteiger partial charge < -0.3 is 9.84 Å². The highest BCUT2D eigenvalue weighted by Gasteiger charge is 2.31. The van der Waals surface area contributed by atoms with Crippen molar-refractivity contribution in [3.05, 3.63) is 69.7 Å². The molecule has 1 N–H and O–H groups in total. The molecule has 0 amide bonds. The third-order valence-corrected chi connectivity index (χ3v) is 3.93. The van der Waals surface area contributed by atoms with Crippen LogP contribution in [0.3, 0.4) is 0 Å². The minimum absolute atomic E-state index is 0.165. The van der Waals surface area contributed by atoms with E-state index in [1.54, 1.807) is 25.3 Å². The van der Waals surface area contributed by atoms with E-state index in [0.717, 1.165) is 11.1 Å². The second-order valence-electron chi connectivity index (χ2n) is 4.71. The number of benzene rings is 2. The SMILES string of the molecule is COCC(O)(Cc1c(Cl)cccc1Cl)c1ccccc1. The molecule has 2 rings (SSSR count). The molecule has 106 valence electrons. The molecule has 0 heterocycles. The number of methoxy groups -OCH3 is 1. The van der Waals surface area contributed by atoms with Gasteiger partial charge >= 0.3 is 0 Å². The Morgan fingerprint density at radius 2 is 1.60 bits per heavy atom. The van der Waals surface area contributed by atoms with Crippen LogP contribution in [0.2, 0.25) is 10.0 Å². The van der Waals surface area contributed by atoms with Gasteiger partial charge in [0.25, 0.3) is 0 Å². The zero-order chi connectivity index (χ0) is 14.6. The highest BCUT2D eigenvalue weighted by atomic mass is 35.5. The summed E-state index contributed by atoms with van der Waals surface area (Å²) in [6, 6.07) is 14.7. The Morgan fingerprint density at radius 1 is 1.00 bits per heavy atom. The van der Waals surface area contributed by atoms with Gasteiger partial charge in [0.15, 0.2) is 0 Å². The Balaban J connectivity index is 2.40. The van der Waals surface area contributed by atoms with Gasteiger partial charge in [-0.15, -0.1) is 0 Å². The Hall–Kier alpha value is -1.06. The van der Waals surface area contributed by atoms with E-state index in [9.17, 15) is 5.11 Å². The maximum absolute atomic E-state index is 10.9. The number of rotatable bonds is 5. The zero-order valence-electron chi connectivity index (χ0n) is 11.1. The molecule has 0 aromatic heterocycles. The number of hydrogen-bond donors (Lipinski definition) is 1. The molecule has 1 atom stereocenters. The van der Waals surface area contributed by atoms with Crippen LogP contribution in [0.1, 0.15) is 11.1 Å². The molecule has 0 aliphatic rings. The van der Waals surface area contributed by atoms with Crippen LogP contribution in [0, 0.1) is 0 Å². The third-order valence-electron chi connectivity index (χ3n) is 3.23. The maximum Gasteiger partial charge on any atom is 0.117 e. The Morgan fingerprint density at radius 3 is 2.15 bits per heavy atom. The average Bonchev–Trinajstić information content (AvgIpc) is 2.44. The monoisotopic (exact) mass is 310 g/mol. The lowest BCUT2D eigenvalue weighted by Gasteiger charge is -2.29. The maximum atomic E-state index is 10.9. The van der Waals surface area contributed by atoms with Gasteiger partial charge in [-0.2, -0.15) is 0 Å². The van der Waals surface area contributed by atoms with Gasteiger partial charge in [0.05, 0.1) is 6.61 Å². The summed E-state index contributed by atoms with van der Waals surface area (Å²) in [6.07, 6.45) is 0.295. The van der Waals surface area contributed by atoms with Gasteiger partial charge in [-0.1, -0.05) is 59.6 Å². The van der Waals surface area contributed by atoms with Crippen molar-refractivity contribution in [3.63, 3.8) is 0 Å². The van der Waals surface area contributed by atoms with Gasteiger partial charge in [-0.05, 0) is 23.3 Å². The molecule has 1 unspecified atom stereocenters. The van der Waals surface area contributed by atoms with Crippen LogP contribution in [-0.4, -0.2) is 18.8 Å². The van der Waals surface area contributed by atoms with E-state index in [0.29, 0.717) is 16.5 Å². The van der Waals surface area contributed by atoms with Crippen molar-refractivity contribution >= 4 is 23.2 Å². The molecule has 0 bridgehead atoms. The van der Waals surface area contributed by atoms with Gasteiger partial charge in [0.2, 0.25) is 0 Å². The molecule has 4 heteroatoms. The average molecular weight is 311 g/mol. The van der Waals surface area contributed by atoms with E-state index in [-0.39, 0.29) is 6.61 Å². The molecule has 0 aliphatic heterocycles. The van der Waals surface area contributed by atoms with Crippen molar-refractivity contribution in [1.82, 2.24) is 0 Å². The molecule has 0 fully saturated rings. The molecule has 0 saturated heterocycles. The minimum atomic E-state index is -1.16. The van der Waals surface area contributed by atoms with Gasteiger partial charge in [-0.25, -0.2) is 0 Å². The van der Waals surface area contributed by atoms with Gasteiger partial charge in [0.1, 0.15) is 5.60 Å². The fraction of sp³-hybridized carbons (Fsp3) is 0.250. The lowest BCUT2D eigenvalue weighted by atomic mass is 9.88. The summed E-state index contributed by atoms with van der Waals surface area (Å²) < 4.78 is 5.18. The second-order valence-corrected chi connectivity index (χ2v) is 5.52. The lowest BCUT2D eigenvalue weighted by molar-refractivity contribution is -0.0355. The fourth-order valence-electron chi connectivity index (χ4n) is 2.22. The summed E-state index contributed by atoms with van der Waals surface area (Å²) in [5.74, 6) is 0. The number of ether oxygens (including phenoxy) is 1. The standard InChI is InChI=1S/C16H16Cl2O2/c1-20-11-16(19,12-6-3-2-4-7-12)10-13-14(17)8-5-9-15(13)18/h2-9,19H,10-11H2,1H3. The van der Waals surface area contributed by atoms with Crippen LogP contribution in [0.4, 0.5) is 0 Å². The number of halogens is 2. The Labute approximate surface area is 128 Å². The summed E-state index contributed by atoms with van der Waals surface area (Å²) in [4.78, 5) is 0. The van der Waals surface area contributed by atoms with Crippen molar-refractivity contribution in [3.8, 4) is 0 Å². The predicted octanol–water partition coefficient (Wildman–Crippen LogP) is 4.07. The van der Waals surface area contributed by atoms with Crippen molar-refractivity contribution in [2.24, 2.45) is 0 Å². The Bertz CT molecular complexity index is 552. The summed E-state index contributed by atoms with van der Waals surface area (Å²) >= 11 is 12.4. The van der Waals surface area contributed by atoms with E-state index in [1.165, 1.54) is 0 Å². The van der Waals surface area contributed by atoms with Crippen molar-refractivity contribution in [2.75, 3.05) is 13.7 Å². The smallest absolute Gasteiger partial charge is 0.117 e. The normalized spacial score (nSPS) is 14.0. The van der Waals surface area contributed by atoms with Gasteiger partial charge in [0, 0.05) is 23.6 Å². The molecular formula is C16H16Cl2O2. The minimum Gasteiger partial charge on any atom is -0.382 e. The first-order chi connectivity index (χ1) is 9.57. The van der Waals surface area contributed by atoms with Crippen LogP contribution in [0.5, 0.6) is 0 Å².